The van der Waals surface area contributed by atoms with Gasteiger partial charge in [-0.05, 0) is 41.6 Å². The van der Waals surface area contributed by atoms with Crippen LogP contribution >= 0.6 is 0 Å². The number of phenols is 1. The van der Waals surface area contributed by atoms with Gasteiger partial charge in [-0.2, -0.15) is 0 Å². The average molecular weight is 353 g/mol. The molecule has 2 aromatic carbocycles. The van der Waals surface area contributed by atoms with Gasteiger partial charge in [0.25, 0.3) is 5.56 Å². The molecule has 0 fully saturated rings. The fourth-order valence-electron chi connectivity index (χ4n) is 3.65. The van der Waals surface area contributed by atoms with Crippen molar-refractivity contribution >= 4 is 10.8 Å². The molecule has 0 saturated carbocycles. The Hall–Kier alpha value is -3.15. The highest BCUT2D eigenvalue weighted by atomic mass is 16.5. The zero-order chi connectivity index (χ0) is 18.4. The number of hydrogen-bond acceptors (Lipinski definition) is 5. The summed E-state index contributed by atoms with van der Waals surface area (Å²) in [6, 6.07) is 9.10. The fraction of sp³-hybridized carbons (Fsp3) is 0.250. The zero-order valence-electron chi connectivity index (χ0n) is 14.8. The van der Waals surface area contributed by atoms with Gasteiger partial charge in [-0.1, -0.05) is 6.07 Å². The number of ether oxygens (including phenoxy) is 3. The van der Waals surface area contributed by atoms with Crippen LogP contribution in [0, 0.1) is 0 Å². The molecule has 0 aliphatic carbocycles. The lowest BCUT2D eigenvalue weighted by Crippen LogP contribution is -2.26. The summed E-state index contributed by atoms with van der Waals surface area (Å²) in [6.07, 6.45) is 0.650. The minimum atomic E-state index is -0.119. The molecule has 6 heteroatoms. The maximum Gasteiger partial charge on any atom is 0.262 e. The van der Waals surface area contributed by atoms with Crippen molar-refractivity contribution in [2.24, 2.45) is 0 Å². The maximum absolute atomic E-state index is 13.2. The number of hydrogen-bond donors (Lipinski definition) is 1. The molecule has 0 unspecified atom stereocenters. The SMILES string of the molecule is COc1cc2c(cc1O)CCn1c-2cc2ccc(OC)c(OC)c2c1=O. The summed E-state index contributed by atoms with van der Waals surface area (Å²) in [5.74, 6) is 1.46. The zero-order valence-corrected chi connectivity index (χ0v) is 14.8. The van der Waals surface area contributed by atoms with Crippen LogP contribution < -0.4 is 19.8 Å². The molecule has 6 nitrogen and oxygen atoms in total. The van der Waals surface area contributed by atoms with E-state index < -0.39 is 0 Å². The van der Waals surface area contributed by atoms with Crippen LogP contribution in [0.15, 0.2) is 35.1 Å². The van der Waals surface area contributed by atoms with Gasteiger partial charge in [0.05, 0.1) is 32.4 Å². The maximum atomic E-state index is 13.2. The number of aromatic nitrogens is 1. The van der Waals surface area contributed by atoms with E-state index >= 15 is 0 Å². The van der Waals surface area contributed by atoms with E-state index in [0.29, 0.717) is 35.6 Å². The van der Waals surface area contributed by atoms with Crippen molar-refractivity contribution in [3.63, 3.8) is 0 Å². The molecule has 3 aromatic rings. The van der Waals surface area contributed by atoms with Crippen LogP contribution in [0.5, 0.6) is 23.0 Å². The Morgan fingerprint density at radius 3 is 2.46 bits per heavy atom. The molecule has 0 atom stereocenters. The van der Waals surface area contributed by atoms with E-state index in [1.165, 1.54) is 14.2 Å². The smallest absolute Gasteiger partial charge is 0.262 e. The lowest BCUT2D eigenvalue weighted by atomic mass is 9.95. The van der Waals surface area contributed by atoms with Crippen LogP contribution in [0.2, 0.25) is 0 Å². The highest BCUT2D eigenvalue weighted by Crippen LogP contribution is 2.40. The highest BCUT2D eigenvalue weighted by molar-refractivity contribution is 5.93. The second kappa shape index (κ2) is 5.98. The lowest BCUT2D eigenvalue weighted by molar-refractivity contribution is 0.358. The van der Waals surface area contributed by atoms with Crippen molar-refractivity contribution < 1.29 is 19.3 Å². The first kappa shape index (κ1) is 16.3. The number of benzene rings is 2. The van der Waals surface area contributed by atoms with Gasteiger partial charge >= 0.3 is 0 Å². The van der Waals surface area contributed by atoms with Gasteiger partial charge in [0.15, 0.2) is 23.0 Å². The molecule has 2 heterocycles. The predicted molar refractivity (Wildman–Crippen MR) is 98.7 cm³/mol. The van der Waals surface area contributed by atoms with E-state index in [0.717, 1.165) is 22.2 Å². The molecular formula is C20H19NO5. The average Bonchev–Trinajstić information content (AvgIpc) is 2.66. The minimum absolute atomic E-state index is 0.106. The molecule has 1 aliphatic rings. The summed E-state index contributed by atoms with van der Waals surface area (Å²) in [6.45, 7) is 0.531. The number of aromatic hydroxyl groups is 1. The highest BCUT2D eigenvalue weighted by Gasteiger charge is 2.23. The Bertz CT molecular complexity index is 1080. The molecule has 1 N–H and O–H groups in total. The Morgan fingerprint density at radius 2 is 1.77 bits per heavy atom. The largest absolute Gasteiger partial charge is 0.504 e. The van der Waals surface area contributed by atoms with Crippen LogP contribution in [0.4, 0.5) is 0 Å². The predicted octanol–water partition coefficient (Wildman–Crippen LogP) is 2.96. The normalized spacial score (nSPS) is 12.4. The van der Waals surface area contributed by atoms with Gasteiger partial charge in [-0.15, -0.1) is 0 Å². The second-order valence-electron chi connectivity index (χ2n) is 6.18. The van der Waals surface area contributed by atoms with Crippen LogP contribution in [0.1, 0.15) is 5.56 Å². The van der Waals surface area contributed by atoms with Gasteiger partial charge in [0.2, 0.25) is 0 Å². The molecule has 0 bridgehead atoms. The third kappa shape index (κ3) is 2.22. The summed E-state index contributed by atoms with van der Waals surface area (Å²) in [4.78, 5) is 13.2. The number of aryl methyl sites for hydroxylation is 1. The van der Waals surface area contributed by atoms with Crippen molar-refractivity contribution in [3.05, 3.63) is 46.2 Å². The monoisotopic (exact) mass is 353 g/mol. The molecule has 134 valence electrons. The van der Waals surface area contributed by atoms with E-state index in [9.17, 15) is 9.90 Å². The van der Waals surface area contributed by atoms with Crippen LogP contribution in [0.25, 0.3) is 22.0 Å². The Kier molecular flexibility index (Phi) is 3.76. The van der Waals surface area contributed by atoms with E-state index in [4.69, 9.17) is 14.2 Å². The molecule has 0 saturated heterocycles. The third-order valence-corrected chi connectivity index (χ3v) is 4.91. The van der Waals surface area contributed by atoms with Crippen molar-refractivity contribution in [2.45, 2.75) is 13.0 Å². The van der Waals surface area contributed by atoms with Crippen molar-refractivity contribution in [2.75, 3.05) is 21.3 Å². The molecule has 26 heavy (non-hydrogen) atoms. The number of fused-ring (bicyclic) bond motifs is 4. The summed E-state index contributed by atoms with van der Waals surface area (Å²) in [5.41, 5.74) is 2.56. The third-order valence-electron chi connectivity index (χ3n) is 4.91. The van der Waals surface area contributed by atoms with E-state index in [1.54, 1.807) is 29.9 Å². The molecule has 1 aromatic heterocycles. The minimum Gasteiger partial charge on any atom is -0.504 e. The quantitative estimate of drug-likeness (QED) is 0.784. The standard InChI is InChI=1S/C20H19NO5/c1-24-16-5-4-12-8-14-13-10-17(25-2)15(22)9-11(13)6-7-21(14)20(23)18(12)19(16)26-3/h4-5,8-10,22H,6-7H2,1-3H3. The van der Waals surface area contributed by atoms with Gasteiger partial charge in [-0.3, -0.25) is 4.79 Å². The Balaban J connectivity index is 2.06. The van der Waals surface area contributed by atoms with Gasteiger partial charge < -0.3 is 23.9 Å². The Labute approximate surface area is 150 Å². The number of methoxy groups -OCH3 is 3. The van der Waals surface area contributed by atoms with E-state index in [1.807, 2.05) is 12.1 Å². The second-order valence-corrected chi connectivity index (χ2v) is 6.18. The Morgan fingerprint density at radius 1 is 1.00 bits per heavy atom. The van der Waals surface area contributed by atoms with Crippen LogP contribution in [-0.2, 0) is 13.0 Å². The van der Waals surface area contributed by atoms with Crippen LogP contribution in [-0.4, -0.2) is 31.0 Å². The molecule has 1 aliphatic heterocycles. The molecule has 0 radical (unpaired) electrons. The number of rotatable bonds is 3. The summed E-state index contributed by atoms with van der Waals surface area (Å²) < 4.78 is 17.8. The first-order chi connectivity index (χ1) is 12.6. The number of pyridine rings is 1. The van der Waals surface area contributed by atoms with E-state index in [-0.39, 0.29) is 11.3 Å². The fourth-order valence-corrected chi connectivity index (χ4v) is 3.65. The molecule has 0 amide bonds. The number of nitrogens with zero attached hydrogens (tertiary/aromatic N) is 1. The summed E-state index contributed by atoms with van der Waals surface area (Å²) in [7, 11) is 4.59. The summed E-state index contributed by atoms with van der Waals surface area (Å²) in [5, 5.41) is 11.3. The van der Waals surface area contributed by atoms with Crippen LogP contribution in [0.3, 0.4) is 0 Å². The van der Waals surface area contributed by atoms with Gasteiger partial charge in [-0.25, -0.2) is 0 Å². The lowest BCUT2D eigenvalue weighted by Gasteiger charge is -2.24. The number of phenolic OH excluding ortho intramolecular Hbond substituents is 1. The molecule has 4 rings (SSSR count). The van der Waals surface area contributed by atoms with Crippen molar-refractivity contribution in [1.29, 1.82) is 0 Å². The van der Waals surface area contributed by atoms with E-state index in [2.05, 4.69) is 0 Å². The van der Waals surface area contributed by atoms with Crippen molar-refractivity contribution in [3.8, 4) is 34.3 Å². The topological polar surface area (TPSA) is 69.9 Å². The summed E-state index contributed by atoms with van der Waals surface area (Å²) >= 11 is 0. The molecule has 0 spiro atoms. The van der Waals surface area contributed by atoms with Crippen molar-refractivity contribution in [1.82, 2.24) is 4.57 Å². The first-order valence-corrected chi connectivity index (χ1v) is 8.27. The van der Waals surface area contributed by atoms with Gasteiger partial charge in [0, 0.05) is 12.1 Å². The molecular weight excluding hydrogens is 334 g/mol. The first-order valence-electron chi connectivity index (χ1n) is 8.27. The van der Waals surface area contributed by atoms with Gasteiger partial charge in [0.1, 0.15) is 0 Å².